The van der Waals surface area contributed by atoms with Crippen molar-refractivity contribution in [2.24, 2.45) is 17.3 Å². The van der Waals surface area contributed by atoms with Crippen LogP contribution in [0, 0.1) is 29.1 Å². The van der Waals surface area contributed by atoms with E-state index in [1.54, 1.807) is 5.57 Å². The van der Waals surface area contributed by atoms with E-state index in [2.05, 4.69) is 62.0 Å². The number of anilines is 1. The maximum Gasteiger partial charge on any atom is 0.156 e. The van der Waals surface area contributed by atoms with Gasteiger partial charge >= 0.3 is 0 Å². The van der Waals surface area contributed by atoms with Gasteiger partial charge in [0.15, 0.2) is 5.78 Å². The van der Waals surface area contributed by atoms with Crippen molar-refractivity contribution >= 4 is 11.5 Å². The first kappa shape index (κ1) is 21.5. The van der Waals surface area contributed by atoms with Gasteiger partial charge < -0.3 is 10.0 Å². The molecule has 0 spiro atoms. The fraction of sp³-hybridized carbons (Fsp3) is 0.552. The number of fused-ring (bicyclic) bond motifs is 4. The lowest BCUT2D eigenvalue weighted by molar-refractivity contribution is -0.114. The SMILES string of the molecule is CC#C[C@]1(O)CC[C@@H]2[C@H]3CCC4=CC(=O)CCC4=C3[C@@H](c3cccc(N(C)C)c3)C[C@@]21C. The van der Waals surface area contributed by atoms with Crippen molar-refractivity contribution in [2.75, 3.05) is 19.0 Å². The minimum Gasteiger partial charge on any atom is -0.378 e. The van der Waals surface area contributed by atoms with Gasteiger partial charge in [-0.25, -0.2) is 0 Å². The highest BCUT2D eigenvalue weighted by Gasteiger charge is 2.62. The molecule has 0 bridgehead atoms. The molecule has 4 aliphatic carbocycles. The lowest BCUT2D eigenvalue weighted by atomic mass is 9.51. The summed E-state index contributed by atoms with van der Waals surface area (Å²) in [5, 5.41) is 11.8. The Kier molecular flexibility index (Phi) is 5.13. The van der Waals surface area contributed by atoms with Gasteiger partial charge in [0.1, 0.15) is 5.60 Å². The van der Waals surface area contributed by atoms with E-state index in [9.17, 15) is 9.90 Å². The van der Waals surface area contributed by atoms with Gasteiger partial charge in [0.2, 0.25) is 0 Å². The molecule has 3 heteroatoms. The third-order valence-electron chi connectivity index (χ3n) is 9.01. The largest absolute Gasteiger partial charge is 0.378 e. The van der Waals surface area contributed by atoms with Crippen molar-refractivity contribution in [1.82, 2.24) is 0 Å². The maximum absolute atomic E-state index is 12.2. The number of carbonyl (C=O) groups is 1. The first-order valence-electron chi connectivity index (χ1n) is 12.2. The Morgan fingerprint density at radius 2 is 1.97 bits per heavy atom. The van der Waals surface area contributed by atoms with Gasteiger partial charge in [0.05, 0.1) is 0 Å². The van der Waals surface area contributed by atoms with Crippen LogP contribution in [0.5, 0.6) is 0 Å². The van der Waals surface area contributed by atoms with Crippen molar-refractivity contribution < 1.29 is 9.90 Å². The predicted molar refractivity (Wildman–Crippen MR) is 129 cm³/mol. The number of carbonyl (C=O) groups excluding carboxylic acids is 1. The van der Waals surface area contributed by atoms with Crippen LogP contribution in [-0.4, -0.2) is 30.6 Å². The molecule has 0 heterocycles. The summed E-state index contributed by atoms with van der Waals surface area (Å²) < 4.78 is 0. The second kappa shape index (κ2) is 7.63. The summed E-state index contributed by atoms with van der Waals surface area (Å²) in [6.07, 6.45) is 8.22. The molecule has 0 aliphatic heterocycles. The fourth-order valence-electron chi connectivity index (χ4n) is 7.40. The minimum atomic E-state index is -0.918. The highest BCUT2D eigenvalue weighted by Crippen LogP contribution is 2.66. The van der Waals surface area contributed by atoms with Crippen LogP contribution in [-0.2, 0) is 4.79 Å². The molecule has 1 aromatic rings. The summed E-state index contributed by atoms with van der Waals surface area (Å²) >= 11 is 0. The zero-order valence-electron chi connectivity index (χ0n) is 19.9. The zero-order valence-corrected chi connectivity index (χ0v) is 19.9. The molecule has 5 rings (SSSR count). The van der Waals surface area contributed by atoms with Gasteiger partial charge in [-0.3, -0.25) is 4.79 Å². The van der Waals surface area contributed by atoms with Gasteiger partial charge in [-0.05, 0) is 92.2 Å². The molecule has 2 fully saturated rings. The molecule has 0 saturated heterocycles. The van der Waals surface area contributed by atoms with Crippen molar-refractivity contribution in [1.29, 1.82) is 0 Å². The van der Waals surface area contributed by atoms with Crippen LogP contribution in [0.1, 0.15) is 70.3 Å². The average Bonchev–Trinajstić information content (AvgIpc) is 3.03. The predicted octanol–water partition coefficient (Wildman–Crippen LogP) is 5.41. The Bertz CT molecular complexity index is 1080. The molecule has 0 aromatic heterocycles. The monoisotopic (exact) mass is 429 g/mol. The molecule has 4 aliphatic rings. The highest BCUT2D eigenvalue weighted by atomic mass is 16.3. The molecule has 2 saturated carbocycles. The fourth-order valence-corrected chi connectivity index (χ4v) is 7.40. The molecule has 3 nitrogen and oxygen atoms in total. The van der Waals surface area contributed by atoms with E-state index >= 15 is 0 Å². The lowest BCUT2D eigenvalue weighted by Crippen LogP contribution is -2.51. The molecular weight excluding hydrogens is 394 g/mol. The molecule has 1 aromatic carbocycles. The van der Waals surface area contributed by atoms with Gasteiger partial charge in [0.25, 0.3) is 0 Å². The third-order valence-corrected chi connectivity index (χ3v) is 9.01. The van der Waals surface area contributed by atoms with Crippen LogP contribution in [0.4, 0.5) is 5.69 Å². The van der Waals surface area contributed by atoms with E-state index in [0.717, 1.165) is 38.5 Å². The second-order valence-electron chi connectivity index (χ2n) is 10.8. The standard InChI is InChI=1S/C29H35NO2/c1-5-14-29(32)15-13-26-24-11-9-20-17-22(31)10-12-23(20)27(24)25(18-28(26,29)2)19-7-6-8-21(16-19)30(3)4/h6-8,16-17,24-26,32H,9-13,15,18H2,1-4H3/t24-,25-,26-,28+,29+/m1/s1. The van der Waals surface area contributed by atoms with E-state index in [-0.39, 0.29) is 17.1 Å². The third kappa shape index (κ3) is 3.11. The van der Waals surface area contributed by atoms with Crippen molar-refractivity contribution in [3.05, 3.63) is 52.6 Å². The van der Waals surface area contributed by atoms with Crippen molar-refractivity contribution in [3.8, 4) is 11.8 Å². The quantitative estimate of drug-likeness (QED) is 0.640. The number of nitrogens with zero attached hydrogens (tertiary/aromatic N) is 1. The molecular formula is C29H35NO2. The van der Waals surface area contributed by atoms with Crippen LogP contribution in [0.25, 0.3) is 0 Å². The summed E-state index contributed by atoms with van der Waals surface area (Å²) in [5.41, 5.74) is 5.71. The zero-order chi connectivity index (χ0) is 22.7. The first-order valence-corrected chi connectivity index (χ1v) is 12.2. The number of rotatable bonds is 2. The van der Waals surface area contributed by atoms with Gasteiger partial charge in [-0.1, -0.05) is 30.6 Å². The van der Waals surface area contributed by atoms with Gasteiger partial charge in [-0.15, -0.1) is 5.92 Å². The van der Waals surface area contributed by atoms with E-state index < -0.39 is 5.60 Å². The topological polar surface area (TPSA) is 40.5 Å². The first-order chi connectivity index (χ1) is 15.3. The van der Waals surface area contributed by atoms with Gasteiger partial charge in [0, 0.05) is 37.5 Å². The molecule has 0 amide bonds. The normalized spacial score (nSPS) is 35.8. The van der Waals surface area contributed by atoms with Crippen molar-refractivity contribution in [2.45, 2.75) is 70.3 Å². The molecule has 1 N–H and O–H groups in total. The number of hydrogen-bond donors (Lipinski definition) is 1. The Labute approximate surface area is 192 Å². The minimum absolute atomic E-state index is 0.227. The molecule has 5 atom stereocenters. The van der Waals surface area contributed by atoms with E-state index in [1.165, 1.54) is 22.4 Å². The van der Waals surface area contributed by atoms with Crippen LogP contribution in [0.3, 0.4) is 0 Å². The second-order valence-corrected chi connectivity index (χ2v) is 10.8. The summed E-state index contributed by atoms with van der Waals surface area (Å²) in [4.78, 5) is 14.3. The Hall–Kier alpha value is -2.31. The van der Waals surface area contributed by atoms with Crippen LogP contribution in [0.15, 0.2) is 47.1 Å². The van der Waals surface area contributed by atoms with Crippen LogP contribution in [0.2, 0.25) is 0 Å². The van der Waals surface area contributed by atoms with Crippen molar-refractivity contribution in [3.63, 3.8) is 0 Å². The summed E-state index contributed by atoms with van der Waals surface area (Å²) in [7, 11) is 4.17. The average molecular weight is 430 g/mol. The van der Waals surface area contributed by atoms with E-state index in [0.29, 0.717) is 18.3 Å². The Balaban J connectivity index is 1.70. The lowest BCUT2D eigenvalue weighted by Gasteiger charge is -2.53. The summed E-state index contributed by atoms with van der Waals surface area (Å²) in [6.45, 7) is 4.15. The van der Waals surface area contributed by atoms with Crippen LogP contribution >= 0.6 is 0 Å². The molecule has 168 valence electrons. The number of ketones is 1. The van der Waals surface area contributed by atoms with E-state index in [1.807, 2.05) is 13.0 Å². The maximum atomic E-state index is 12.2. The Morgan fingerprint density at radius 3 is 2.72 bits per heavy atom. The van der Waals surface area contributed by atoms with Gasteiger partial charge in [-0.2, -0.15) is 0 Å². The number of hydrogen-bond acceptors (Lipinski definition) is 3. The molecule has 32 heavy (non-hydrogen) atoms. The number of allylic oxidation sites excluding steroid dienone is 4. The highest BCUT2D eigenvalue weighted by molar-refractivity contribution is 5.93. The molecule has 0 radical (unpaired) electrons. The summed E-state index contributed by atoms with van der Waals surface area (Å²) in [6, 6.07) is 8.91. The summed E-state index contributed by atoms with van der Waals surface area (Å²) in [5.74, 6) is 7.75. The molecule has 0 unspecified atom stereocenters. The van der Waals surface area contributed by atoms with Crippen LogP contribution < -0.4 is 4.90 Å². The number of aliphatic hydroxyl groups is 1. The smallest absolute Gasteiger partial charge is 0.156 e. The Morgan fingerprint density at radius 1 is 1.16 bits per heavy atom. The number of benzene rings is 1. The van der Waals surface area contributed by atoms with E-state index in [4.69, 9.17) is 0 Å².